The van der Waals surface area contributed by atoms with E-state index in [1.54, 1.807) is 18.2 Å². The number of anilines is 1. The van der Waals surface area contributed by atoms with Gasteiger partial charge in [0.2, 0.25) is 0 Å². The van der Waals surface area contributed by atoms with Crippen molar-refractivity contribution in [3.8, 4) is 0 Å². The van der Waals surface area contributed by atoms with Gasteiger partial charge in [0.1, 0.15) is 0 Å². The number of carbonyl (C=O) groups excluding carboxylic acids is 2. The van der Waals surface area contributed by atoms with Crippen molar-refractivity contribution in [2.45, 2.75) is 35.3 Å². The van der Waals surface area contributed by atoms with Crippen LogP contribution >= 0.6 is 34.8 Å². The lowest BCUT2D eigenvalue weighted by molar-refractivity contribution is -0.149. The third kappa shape index (κ3) is 4.44. The van der Waals surface area contributed by atoms with Crippen molar-refractivity contribution in [2.24, 2.45) is 0 Å². The maximum Gasteiger partial charge on any atom is 0.328 e. The van der Waals surface area contributed by atoms with Gasteiger partial charge < -0.3 is 10.1 Å². The molecule has 1 aliphatic rings. The average Bonchev–Trinajstić information content (AvgIpc) is 3.23. The molecule has 0 aliphatic heterocycles. The molecule has 0 bridgehead atoms. The summed E-state index contributed by atoms with van der Waals surface area (Å²) in [6, 6.07) is 10.5. The average molecular weight is 491 g/mol. The van der Waals surface area contributed by atoms with Crippen LogP contribution in [0.4, 0.5) is 5.69 Å². The minimum absolute atomic E-state index is 0.0517. The van der Waals surface area contributed by atoms with Gasteiger partial charge in [-0.25, -0.2) is 8.42 Å². The van der Waals surface area contributed by atoms with E-state index in [9.17, 15) is 18.0 Å². The van der Waals surface area contributed by atoms with Gasteiger partial charge in [0.05, 0.1) is 25.7 Å². The molecule has 160 valence electrons. The first-order valence-corrected chi connectivity index (χ1v) is 11.7. The lowest BCUT2D eigenvalue weighted by Gasteiger charge is -2.26. The molecule has 1 fully saturated rings. The smallest absolute Gasteiger partial charge is 0.328 e. The van der Waals surface area contributed by atoms with Crippen molar-refractivity contribution in [3.05, 3.63) is 57.5 Å². The highest BCUT2D eigenvalue weighted by Crippen LogP contribution is 2.41. The maximum absolute atomic E-state index is 13.2. The van der Waals surface area contributed by atoms with Gasteiger partial charge in [0.25, 0.3) is 5.91 Å². The molecule has 1 aliphatic carbocycles. The standard InChI is InChI=1S/C20H18Cl3NO5S/c21-14-10-16(23)17(11-15(14)22)24-18(25)12-29-19(26)20(8-4-5-9-20)30(27,28)13-6-2-1-3-7-13/h1-3,6-7,10-11H,4-5,8-9,12H2,(H,24,25). The summed E-state index contributed by atoms with van der Waals surface area (Å²) in [5.74, 6) is -1.62. The number of hydrogen-bond donors (Lipinski definition) is 1. The van der Waals surface area contributed by atoms with Gasteiger partial charge in [0, 0.05) is 0 Å². The number of benzene rings is 2. The molecular formula is C20H18Cl3NO5S. The zero-order valence-electron chi connectivity index (χ0n) is 15.7. The largest absolute Gasteiger partial charge is 0.454 e. The zero-order valence-corrected chi connectivity index (χ0v) is 18.7. The molecule has 2 aromatic carbocycles. The number of halogens is 3. The summed E-state index contributed by atoms with van der Waals surface area (Å²) < 4.78 is 29.8. The van der Waals surface area contributed by atoms with Crippen LogP contribution in [0.5, 0.6) is 0 Å². The SMILES string of the molecule is O=C(COC(=O)C1(S(=O)(=O)c2ccccc2)CCCC1)Nc1cc(Cl)c(Cl)cc1Cl. The number of sulfone groups is 1. The Balaban J connectivity index is 1.74. The van der Waals surface area contributed by atoms with Gasteiger partial charge >= 0.3 is 5.97 Å². The monoisotopic (exact) mass is 489 g/mol. The highest BCUT2D eigenvalue weighted by atomic mass is 35.5. The van der Waals surface area contributed by atoms with Crippen molar-refractivity contribution in [3.63, 3.8) is 0 Å². The van der Waals surface area contributed by atoms with Gasteiger partial charge in [-0.3, -0.25) is 9.59 Å². The van der Waals surface area contributed by atoms with E-state index in [-0.39, 0.29) is 38.5 Å². The number of carbonyl (C=O) groups is 2. The molecule has 3 rings (SSSR count). The van der Waals surface area contributed by atoms with E-state index in [0.29, 0.717) is 12.8 Å². The third-order valence-electron chi connectivity index (χ3n) is 4.97. The summed E-state index contributed by atoms with van der Waals surface area (Å²) in [6.45, 7) is -0.665. The second-order valence-electron chi connectivity index (χ2n) is 6.89. The lowest BCUT2D eigenvalue weighted by atomic mass is 10.1. The molecule has 1 N–H and O–H groups in total. The summed E-state index contributed by atoms with van der Waals surface area (Å²) >= 11 is 17.8. The molecule has 10 heteroatoms. The fourth-order valence-corrected chi connectivity index (χ4v) is 6.09. The summed E-state index contributed by atoms with van der Waals surface area (Å²) in [5, 5.41) is 3.03. The van der Waals surface area contributed by atoms with Crippen LogP contribution in [-0.4, -0.2) is 31.6 Å². The van der Waals surface area contributed by atoms with E-state index in [4.69, 9.17) is 39.5 Å². The van der Waals surface area contributed by atoms with Gasteiger partial charge in [-0.05, 0) is 37.1 Å². The third-order valence-corrected chi connectivity index (χ3v) is 8.50. The molecule has 6 nitrogen and oxygen atoms in total. The second-order valence-corrected chi connectivity index (χ2v) is 10.4. The van der Waals surface area contributed by atoms with Crippen LogP contribution in [0.3, 0.4) is 0 Å². The molecule has 0 saturated heterocycles. The predicted molar refractivity (Wildman–Crippen MR) is 116 cm³/mol. The predicted octanol–water partition coefficient (Wildman–Crippen LogP) is 4.92. The first kappa shape index (κ1) is 22.9. The van der Waals surface area contributed by atoms with Gasteiger partial charge in [-0.2, -0.15) is 0 Å². The molecule has 0 heterocycles. The van der Waals surface area contributed by atoms with Crippen molar-refractivity contribution in [2.75, 3.05) is 11.9 Å². The summed E-state index contributed by atoms with van der Waals surface area (Å²) in [7, 11) is -3.98. The molecule has 0 unspecified atom stereocenters. The van der Waals surface area contributed by atoms with Crippen LogP contribution in [-0.2, 0) is 24.2 Å². The first-order valence-electron chi connectivity index (χ1n) is 9.09. The zero-order chi connectivity index (χ0) is 21.9. The van der Waals surface area contributed by atoms with E-state index >= 15 is 0 Å². The Morgan fingerprint density at radius 3 is 2.20 bits per heavy atom. The minimum Gasteiger partial charge on any atom is -0.454 e. The molecule has 0 radical (unpaired) electrons. The second kappa shape index (κ2) is 9.14. The Bertz CT molecular complexity index is 1070. The number of amides is 1. The Morgan fingerprint density at radius 2 is 1.57 bits per heavy atom. The van der Waals surface area contributed by atoms with E-state index in [1.807, 2.05) is 0 Å². The summed E-state index contributed by atoms with van der Waals surface area (Å²) in [6.07, 6.45) is 1.44. The number of ether oxygens (including phenoxy) is 1. The van der Waals surface area contributed by atoms with Crippen LogP contribution in [0.15, 0.2) is 47.4 Å². The van der Waals surface area contributed by atoms with Gasteiger partial charge in [-0.1, -0.05) is 65.8 Å². The molecule has 0 spiro atoms. The highest BCUT2D eigenvalue weighted by molar-refractivity contribution is 7.93. The fourth-order valence-electron chi connectivity index (χ4n) is 3.42. The lowest BCUT2D eigenvalue weighted by Crippen LogP contribution is -2.46. The molecular weight excluding hydrogens is 473 g/mol. The number of hydrogen-bond acceptors (Lipinski definition) is 5. The quantitative estimate of drug-likeness (QED) is 0.459. The van der Waals surface area contributed by atoms with E-state index in [1.165, 1.54) is 24.3 Å². The van der Waals surface area contributed by atoms with Gasteiger partial charge in [-0.15, -0.1) is 0 Å². The molecule has 0 atom stereocenters. The normalized spacial score (nSPS) is 15.6. The maximum atomic E-state index is 13.2. The molecule has 1 amide bonds. The number of nitrogens with one attached hydrogen (secondary N) is 1. The summed E-state index contributed by atoms with van der Waals surface area (Å²) in [5.41, 5.74) is 0.194. The Morgan fingerprint density at radius 1 is 0.967 bits per heavy atom. The van der Waals surface area contributed by atoms with Crippen molar-refractivity contribution < 1.29 is 22.7 Å². The van der Waals surface area contributed by atoms with E-state index < -0.39 is 33.1 Å². The van der Waals surface area contributed by atoms with Crippen LogP contribution in [0.1, 0.15) is 25.7 Å². The van der Waals surface area contributed by atoms with Crippen LogP contribution in [0.2, 0.25) is 15.1 Å². The molecule has 1 saturated carbocycles. The summed E-state index contributed by atoms with van der Waals surface area (Å²) in [4.78, 5) is 25.1. The van der Waals surface area contributed by atoms with Crippen molar-refractivity contribution in [1.82, 2.24) is 0 Å². The molecule has 0 aromatic heterocycles. The first-order chi connectivity index (χ1) is 14.2. The van der Waals surface area contributed by atoms with Crippen LogP contribution in [0, 0.1) is 0 Å². The highest BCUT2D eigenvalue weighted by Gasteiger charge is 2.54. The number of esters is 1. The van der Waals surface area contributed by atoms with Gasteiger partial charge in [0.15, 0.2) is 21.2 Å². The minimum atomic E-state index is -3.98. The van der Waals surface area contributed by atoms with E-state index in [0.717, 1.165) is 0 Å². The van der Waals surface area contributed by atoms with E-state index in [2.05, 4.69) is 5.32 Å². The fraction of sp³-hybridized carbons (Fsp3) is 0.300. The van der Waals surface area contributed by atoms with Crippen LogP contribution < -0.4 is 5.32 Å². The van der Waals surface area contributed by atoms with Crippen LogP contribution in [0.25, 0.3) is 0 Å². The topological polar surface area (TPSA) is 89.5 Å². The Kier molecular flexibility index (Phi) is 6.97. The van der Waals surface area contributed by atoms with Crippen molar-refractivity contribution in [1.29, 1.82) is 0 Å². The molecule has 2 aromatic rings. The Hall–Kier alpha value is -1.80. The Labute approximate surface area is 189 Å². The molecule has 30 heavy (non-hydrogen) atoms. The van der Waals surface area contributed by atoms with Crippen molar-refractivity contribution >= 4 is 62.2 Å². The number of rotatable bonds is 6.